The van der Waals surface area contributed by atoms with Crippen LogP contribution in [0.1, 0.15) is 36.0 Å². The molecule has 0 spiro atoms. The smallest absolute Gasteiger partial charge is 0.252 e. The van der Waals surface area contributed by atoms with Gasteiger partial charge in [-0.25, -0.2) is 19.0 Å². The van der Waals surface area contributed by atoms with Gasteiger partial charge in [0.25, 0.3) is 5.91 Å². The van der Waals surface area contributed by atoms with Gasteiger partial charge in [0.2, 0.25) is 5.88 Å². The van der Waals surface area contributed by atoms with E-state index in [-0.39, 0.29) is 29.3 Å². The van der Waals surface area contributed by atoms with Crippen LogP contribution in [-0.2, 0) is 7.05 Å². The SMILES string of the molecule is COc1nn(C)c2ncc(Nc3nc(N[C@@H]4CCCC[C@@H]4N)c(F)cc3C(N)=O)cc12. The number of fused-ring (bicyclic) bond motifs is 1. The van der Waals surface area contributed by atoms with Crippen LogP contribution in [0.2, 0.25) is 0 Å². The molecule has 1 aliphatic rings. The van der Waals surface area contributed by atoms with Gasteiger partial charge in [0, 0.05) is 19.1 Å². The first-order chi connectivity index (χ1) is 14.9. The summed E-state index contributed by atoms with van der Waals surface area (Å²) in [5.41, 5.74) is 12.7. The summed E-state index contributed by atoms with van der Waals surface area (Å²) in [4.78, 5) is 20.6. The van der Waals surface area contributed by atoms with Crippen LogP contribution in [0.3, 0.4) is 0 Å². The van der Waals surface area contributed by atoms with Crippen molar-refractivity contribution in [2.24, 2.45) is 18.5 Å². The molecule has 31 heavy (non-hydrogen) atoms. The van der Waals surface area contributed by atoms with E-state index in [2.05, 4.69) is 25.7 Å². The maximum atomic E-state index is 14.7. The highest BCUT2D eigenvalue weighted by Gasteiger charge is 2.24. The van der Waals surface area contributed by atoms with Crippen molar-refractivity contribution in [2.75, 3.05) is 17.7 Å². The van der Waals surface area contributed by atoms with Gasteiger partial charge in [-0.1, -0.05) is 12.8 Å². The molecule has 3 heterocycles. The molecule has 1 amide bonds. The quantitative estimate of drug-likeness (QED) is 0.466. The van der Waals surface area contributed by atoms with Gasteiger partial charge in [0.15, 0.2) is 17.3 Å². The average Bonchev–Trinajstić information content (AvgIpc) is 3.06. The second kappa shape index (κ2) is 8.34. The third-order valence-corrected chi connectivity index (χ3v) is 5.48. The zero-order valence-electron chi connectivity index (χ0n) is 17.4. The number of primary amides is 1. The van der Waals surface area contributed by atoms with E-state index in [4.69, 9.17) is 16.2 Å². The van der Waals surface area contributed by atoms with E-state index in [1.807, 2.05) is 0 Å². The van der Waals surface area contributed by atoms with Crippen molar-refractivity contribution in [1.29, 1.82) is 0 Å². The van der Waals surface area contributed by atoms with Gasteiger partial charge < -0.3 is 26.8 Å². The predicted molar refractivity (Wildman–Crippen MR) is 115 cm³/mol. The standard InChI is InChI=1S/C20H25FN8O2/c1-29-19-12(20(28-29)31-2)7-10(9-24-19)25-17-11(16(23)30)8-13(21)18(27-17)26-15-6-4-3-5-14(15)22/h7-9,14-15H,3-6,22H2,1-2H3,(H2,23,30)(H2,25,26,27)/t14-,15+/m0/s1. The van der Waals surface area contributed by atoms with Crippen molar-refractivity contribution in [3.8, 4) is 5.88 Å². The zero-order chi connectivity index (χ0) is 22.1. The third kappa shape index (κ3) is 4.08. The number of aromatic nitrogens is 4. The molecule has 2 atom stereocenters. The number of nitrogens with zero attached hydrogens (tertiary/aromatic N) is 4. The fourth-order valence-electron chi connectivity index (χ4n) is 3.85. The molecule has 0 unspecified atom stereocenters. The van der Waals surface area contributed by atoms with E-state index in [1.165, 1.54) is 7.11 Å². The molecule has 1 fully saturated rings. The van der Waals surface area contributed by atoms with Crippen LogP contribution in [0.5, 0.6) is 5.88 Å². The Morgan fingerprint density at radius 3 is 2.77 bits per heavy atom. The summed E-state index contributed by atoms with van der Waals surface area (Å²) in [5, 5.41) is 11.0. The maximum Gasteiger partial charge on any atom is 0.252 e. The Hall–Kier alpha value is -3.47. The Kier molecular flexibility index (Phi) is 5.59. The predicted octanol–water partition coefficient (Wildman–Crippen LogP) is 2.04. The number of methoxy groups -OCH3 is 1. The number of aryl methyl sites for hydroxylation is 1. The molecular weight excluding hydrogens is 403 g/mol. The molecule has 10 nitrogen and oxygen atoms in total. The molecule has 0 aliphatic heterocycles. The lowest BCUT2D eigenvalue weighted by Crippen LogP contribution is -2.43. The minimum atomic E-state index is -0.803. The van der Waals surface area contributed by atoms with Crippen LogP contribution < -0.4 is 26.8 Å². The number of hydrogen-bond donors (Lipinski definition) is 4. The molecule has 1 aliphatic carbocycles. The second-order valence-electron chi connectivity index (χ2n) is 7.63. The molecular formula is C20H25FN8O2. The van der Waals surface area contributed by atoms with Gasteiger partial charge in [-0.05, 0) is 25.0 Å². The molecule has 3 aromatic heterocycles. The normalized spacial score (nSPS) is 18.7. The molecule has 164 valence electrons. The summed E-state index contributed by atoms with van der Waals surface area (Å²) in [6.07, 6.45) is 5.31. The Balaban J connectivity index is 1.69. The van der Waals surface area contributed by atoms with E-state index in [0.29, 0.717) is 22.6 Å². The number of nitrogens with one attached hydrogen (secondary N) is 2. The molecule has 11 heteroatoms. The maximum absolute atomic E-state index is 14.7. The molecule has 0 bridgehead atoms. The first kappa shape index (κ1) is 20.8. The summed E-state index contributed by atoms with van der Waals surface area (Å²) in [6.45, 7) is 0. The summed E-state index contributed by atoms with van der Waals surface area (Å²) < 4.78 is 21.6. The Bertz CT molecular complexity index is 1130. The molecule has 0 aromatic carbocycles. The fraction of sp³-hybridized carbons (Fsp3) is 0.400. The Morgan fingerprint density at radius 2 is 2.06 bits per heavy atom. The lowest BCUT2D eigenvalue weighted by Gasteiger charge is -2.30. The number of anilines is 3. The third-order valence-electron chi connectivity index (χ3n) is 5.48. The van der Waals surface area contributed by atoms with Crippen LogP contribution in [0.4, 0.5) is 21.7 Å². The molecule has 3 aromatic rings. The van der Waals surface area contributed by atoms with E-state index >= 15 is 0 Å². The topological polar surface area (TPSA) is 146 Å². The lowest BCUT2D eigenvalue weighted by atomic mass is 9.91. The summed E-state index contributed by atoms with van der Waals surface area (Å²) >= 11 is 0. The Labute approximate surface area is 178 Å². The number of nitrogens with two attached hydrogens (primary N) is 2. The van der Waals surface area contributed by atoms with Gasteiger partial charge in [0.1, 0.15) is 5.82 Å². The van der Waals surface area contributed by atoms with Gasteiger partial charge in [-0.2, -0.15) is 0 Å². The highest BCUT2D eigenvalue weighted by atomic mass is 19.1. The van der Waals surface area contributed by atoms with Crippen molar-refractivity contribution >= 4 is 34.3 Å². The molecule has 0 radical (unpaired) electrons. The van der Waals surface area contributed by atoms with Gasteiger partial charge in [-0.3, -0.25) is 4.79 Å². The summed E-state index contributed by atoms with van der Waals surface area (Å²) in [7, 11) is 3.27. The van der Waals surface area contributed by atoms with Crippen molar-refractivity contribution in [2.45, 2.75) is 37.8 Å². The first-order valence-electron chi connectivity index (χ1n) is 10.0. The fourth-order valence-corrected chi connectivity index (χ4v) is 3.85. The Morgan fingerprint density at radius 1 is 1.29 bits per heavy atom. The average molecular weight is 428 g/mol. The second-order valence-corrected chi connectivity index (χ2v) is 7.63. The summed E-state index contributed by atoms with van der Waals surface area (Å²) in [5.74, 6) is -0.931. The highest BCUT2D eigenvalue weighted by Crippen LogP contribution is 2.29. The van der Waals surface area contributed by atoms with E-state index in [0.717, 1.165) is 31.7 Å². The van der Waals surface area contributed by atoms with E-state index < -0.39 is 11.7 Å². The minimum Gasteiger partial charge on any atom is -0.479 e. The van der Waals surface area contributed by atoms with Crippen LogP contribution in [0.15, 0.2) is 18.3 Å². The first-order valence-corrected chi connectivity index (χ1v) is 10.0. The lowest BCUT2D eigenvalue weighted by molar-refractivity contribution is 0.100. The van der Waals surface area contributed by atoms with Gasteiger partial charge in [0.05, 0.1) is 29.9 Å². The molecule has 6 N–H and O–H groups in total. The number of pyridine rings is 2. The van der Waals surface area contributed by atoms with Crippen LogP contribution in [0.25, 0.3) is 11.0 Å². The monoisotopic (exact) mass is 428 g/mol. The largest absolute Gasteiger partial charge is 0.479 e. The summed E-state index contributed by atoms with van der Waals surface area (Å²) in [6, 6.07) is 2.64. The molecule has 0 saturated heterocycles. The van der Waals surface area contributed by atoms with E-state index in [1.54, 1.807) is 24.0 Å². The molecule has 4 rings (SSSR count). The minimum absolute atomic E-state index is 0.0165. The zero-order valence-corrected chi connectivity index (χ0v) is 17.4. The van der Waals surface area contributed by atoms with Crippen LogP contribution in [-0.4, -0.2) is 44.8 Å². The highest BCUT2D eigenvalue weighted by molar-refractivity contribution is 5.99. The number of amides is 1. The van der Waals surface area contributed by atoms with E-state index in [9.17, 15) is 9.18 Å². The number of halogens is 1. The van der Waals surface area contributed by atoms with Gasteiger partial charge in [-0.15, -0.1) is 5.10 Å². The molecule has 1 saturated carbocycles. The van der Waals surface area contributed by atoms with Crippen molar-refractivity contribution in [1.82, 2.24) is 19.7 Å². The van der Waals surface area contributed by atoms with Crippen molar-refractivity contribution in [3.63, 3.8) is 0 Å². The van der Waals surface area contributed by atoms with Crippen LogP contribution >= 0.6 is 0 Å². The number of ether oxygens (including phenoxy) is 1. The number of hydrogen-bond acceptors (Lipinski definition) is 8. The van der Waals surface area contributed by atoms with Gasteiger partial charge >= 0.3 is 0 Å². The van der Waals surface area contributed by atoms with Crippen LogP contribution in [0, 0.1) is 5.82 Å². The number of carbonyl (C=O) groups excluding carboxylic acids is 1. The van der Waals surface area contributed by atoms with Crippen molar-refractivity contribution < 1.29 is 13.9 Å². The number of carbonyl (C=O) groups is 1. The van der Waals surface area contributed by atoms with Crippen molar-refractivity contribution in [3.05, 3.63) is 29.7 Å². The number of rotatable bonds is 6.